The van der Waals surface area contributed by atoms with Gasteiger partial charge in [-0.2, -0.15) is 0 Å². The molecule has 1 rings (SSSR count). The van der Waals surface area contributed by atoms with Gasteiger partial charge in [0.1, 0.15) is 0 Å². The van der Waals surface area contributed by atoms with E-state index in [0.29, 0.717) is 18.6 Å². The van der Waals surface area contributed by atoms with Crippen LogP contribution < -0.4 is 5.32 Å². The predicted octanol–water partition coefficient (Wildman–Crippen LogP) is 1.86. The Kier molecular flexibility index (Phi) is 5.42. The van der Waals surface area contributed by atoms with Gasteiger partial charge >= 0.3 is 0 Å². The maximum absolute atomic E-state index is 10.4. The molecule has 17 heavy (non-hydrogen) atoms. The van der Waals surface area contributed by atoms with Gasteiger partial charge in [-0.05, 0) is 39.2 Å². The first-order valence-electron chi connectivity index (χ1n) is 7.01. The second-order valence-corrected chi connectivity index (χ2v) is 6.36. The molecule has 1 heterocycles. The van der Waals surface area contributed by atoms with Crippen LogP contribution in [0.25, 0.3) is 0 Å². The number of likely N-dealkylation sites (tertiary alicyclic amines) is 1. The zero-order valence-electron chi connectivity index (χ0n) is 12.2. The molecule has 1 aliphatic heterocycles. The second-order valence-electron chi connectivity index (χ2n) is 6.36. The van der Waals surface area contributed by atoms with E-state index in [4.69, 9.17) is 0 Å². The van der Waals surface area contributed by atoms with Crippen molar-refractivity contribution in [2.75, 3.05) is 19.6 Å². The van der Waals surface area contributed by atoms with Crippen molar-refractivity contribution in [3.8, 4) is 0 Å². The molecule has 3 unspecified atom stereocenters. The minimum absolute atomic E-state index is 0.430. The highest BCUT2D eigenvalue weighted by Gasteiger charge is 2.30. The summed E-state index contributed by atoms with van der Waals surface area (Å²) < 4.78 is 0. The normalized spacial score (nSPS) is 30.5. The number of hydrogen-bond donors (Lipinski definition) is 2. The summed E-state index contributed by atoms with van der Waals surface area (Å²) in [6.07, 6.45) is 2.59. The summed E-state index contributed by atoms with van der Waals surface area (Å²) in [4.78, 5) is 2.44. The molecule has 0 amide bonds. The fraction of sp³-hybridized carbons (Fsp3) is 1.00. The van der Waals surface area contributed by atoms with Gasteiger partial charge in [-0.15, -0.1) is 0 Å². The van der Waals surface area contributed by atoms with E-state index in [1.54, 1.807) is 0 Å². The van der Waals surface area contributed by atoms with Crippen LogP contribution in [0.3, 0.4) is 0 Å². The van der Waals surface area contributed by atoms with Crippen LogP contribution >= 0.6 is 0 Å². The van der Waals surface area contributed by atoms with Gasteiger partial charge in [0.05, 0.1) is 5.60 Å². The summed E-state index contributed by atoms with van der Waals surface area (Å²) in [6, 6.07) is 1.02. The van der Waals surface area contributed by atoms with Crippen LogP contribution in [-0.4, -0.2) is 47.3 Å². The first-order valence-corrected chi connectivity index (χ1v) is 7.01. The Morgan fingerprint density at radius 1 is 1.41 bits per heavy atom. The smallest absolute Gasteiger partial charge is 0.0869 e. The number of piperidine rings is 1. The Morgan fingerprint density at radius 2 is 2.06 bits per heavy atom. The number of hydrogen-bond acceptors (Lipinski definition) is 3. The topological polar surface area (TPSA) is 35.5 Å². The third-order valence-corrected chi connectivity index (χ3v) is 3.94. The van der Waals surface area contributed by atoms with Crippen LogP contribution in [0.15, 0.2) is 0 Å². The van der Waals surface area contributed by atoms with E-state index >= 15 is 0 Å². The Labute approximate surface area is 107 Å². The van der Waals surface area contributed by atoms with E-state index in [-0.39, 0.29) is 0 Å². The lowest BCUT2D eigenvalue weighted by molar-refractivity contribution is -0.0112. The largest absolute Gasteiger partial charge is 0.388 e. The van der Waals surface area contributed by atoms with Gasteiger partial charge in [0.2, 0.25) is 0 Å². The molecular weight excluding hydrogens is 212 g/mol. The Morgan fingerprint density at radius 3 is 2.65 bits per heavy atom. The predicted molar refractivity (Wildman–Crippen MR) is 73.2 cm³/mol. The minimum Gasteiger partial charge on any atom is -0.388 e. The molecule has 1 saturated heterocycles. The average Bonchev–Trinajstić information content (AvgIpc) is 2.22. The molecule has 0 bridgehead atoms. The molecule has 1 aliphatic rings. The second kappa shape index (κ2) is 6.17. The van der Waals surface area contributed by atoms with Crippen LogP contribution in [0.1, 0.15) is 47.5 Å². The van der Waals surface area contributed by atoms with Gasteiger partial charge in [-0.3, -0.25) is 4.90 Å². The van der Waals surface area contributed by atoms with Crippen LogP contribution in [0.5, 0.6) is 0 Å². The van der Waals surface area contributed by atoms with Crippen molar-refractivity contribution in [1.29, 1.82) is 0 Å². The molecule has 0 aromatic rings. The molecule has 0 aromatic carbocycles. The summed E-state index contributed by atoms with van der Waals surface area (Å²) >= 11 is 0. The Hall–Kier alpha value is -0.120. The number of β-amino-alcohol motifs (C(OH)–C–C–N with tert-alkyl or cyclic N) is 1. The molecule has 3 nitrogen and oxygen atoms in total. The molecule has 102 valence electrons. The van der Waals surface area contributed by atoms with E-state index in [0.717, 1.165) is 19.0 Å². The first-order chi connectivity index (χ1) is 7.82. The molecule has 2 N–H and O–H groups in total. The van der Waals surface area contributed by atoms with Crippen molar-refractivity contribution in [2.24, 2.45) is 5.92 Å². The maximum Gasteiger partial charge on any atom is 0.0869 e. The first kappa shape index (κ1) is 14.9. The fourth-order valence-corrected chi connectivity index (χ4v) is 2.56. The maximum atomic E-state index is 10.4. The van der Waals surface area contributed by atoms with Crippen molar-refractivity contribution in [2.45, 2.75) is 65.1 Å². The van der Waals surface area contributed by atoms with E-state index in [2.05, 4.69) is 37.9 Å². The fourth-order valence-electron chi connectivity index (χ4n) is 2.56. The quantitative estimate of drug-likeness (QED) is 0.772. The van der Waals surface area contributed by atoms with E-state index in [1.807, 2.05) is 6.92 Å². The van der Waals surface area contributed by atoms with Gasteiger partial charge in [-0.1, -0.05) is 20.8 Å². The van der Waals surface area contributed by atoms with Crippen LogP contribution in [0.2, 0.25) is 0 Å². The summed E-state index contributed by atoms with van der Waals surface area (Å²) in [5.74, 6) is 0.748. The molecule has 1 fully saturated rings. The molecule has 0 saturated carbocycles. The number of nitrogens with zero attached hydrogens (tertiary/aromatic N) is 1. The molecule has 0 aliphatic carbocycles. The van der Waals surface area contributed by atoms with Gasteiger partial charge in [0.25, 0.3) is 0 Å². The third kappa shape index (κ3) is 4.94. The SMILES string of the molecule is CC(C)NCC(C)(O)CN1CCCC(C)C1C. The van der Waals surface area contributed by atoms with E-state index < -0.39 is 5.60 Å². The highest BCUT2D eigenvalue weighted by Crippen LogP contribution is 2.24. The number of aliphatic hydroxyl groups is 1. The molecule has 0 aromatic heterocycles. The van der Waals surface area contributed by atoms with Gasteiger partial charge in [-0.25, -0.2) is 0 Å². The third-order valence-electron chi connectivity index (χ3n) is 3.94. The summed E-state index contributed by atoms with van der Waals surface area (Å²) in [7, 11) is 0. The summed E-state index contributed by atoms with van der Waals surface area (Å²) in [5, 5.41) is 13.7. The lowest BCUT2D eigenvalue weighted by atomic mass is 9.90. The van der Waals surface area contributed by atoms with E-state index in [1.165, 1.54) is 12.8 Å². The lowest BCUT2D eigenvalue weighted by Crippen LogP contribution is -2.53. The molecule has 3 atom stereocenters. The standard InChI is InChI=1S/C14H30N2O/c1-11(2)15-9-14(5,17)10-16-8-6-7-12(3)13(16)4/h11-13,15,17H,6-10H2,1-5H3. The Bertz CT molecular complexity index is 228. The minimum atomic E-state index is -0.629. The van der Waals surface area contributed by atoms with Crippen LogP contribution in [0, 0.1) is 5.92 Å². The monoisotopic (exact) mass is 242 g/mol. The molecule has 3 heteroatoms. The average molecular weight is 242 g/mol. The highest BCUT2D eigenvalue weighted by molar-refractivity contribution is 4.86. The van der Waals surface area contributed by atoms with Crippen molar-refractivity contribution >= 4 is 0 Å². The molecule has 0 spiro atoms. The zero-order chi connectivity index (χ0) is 13.1. The number of rotatable bonds is 5. The van der Waals surface area contributed by atoms with Crippen molar-refractivity contribution < 1.29 is 5.11 Å². The summed E-state index contributed by atoms with van der Waals surface area (Å²) in [6.45, 7) is 13.3. The van der Waals surface area contributed by atoms with Crippen LogP contribution in [0.4, 0.5) is 0 Å². The molecule has 0 radical (unpaired) electrons. The van der Waals surface area contributed by atoms with Crippen molar-refractivity contribution in [3.63, 3.8) is 0 Å². The summed E-state index contributed by atoms with van der Waals surface area (Å²) in [5.41, 5.74) is -0.629. The molecular formula is C14H30N2O. The highest BCUT2D eigenvalue weighted by atomic mass is 16.3. The lowest BCUT2D eigenvalue weighted by Gasteiger charge is -2.41. The van der Waals surface area contributed by atoms with Crippen LogP contribution in [-0.2, 0) is 0 Å². The van der Waals surface area contributed by atoms with Crippen molar-refractivity contribution in [3.05, 3.63) is 0 Å². The zero-order valence-corrected chi connectivity index (χ0v) is 12.2. The van der Waals surface area contributed by atoms with Gasteiger partial charge in [0.15, 0.2) is 0 Å². The van der Waals surface area contributed by atoms with Gasteiger partial charge < -0.3 is 10.4 Å². The van der Waals surface area contributed by atoms with E-state index in [9.17, 15) is 5.11 Å². The Balaban J connectivity index is 2.45. The van der Waals surface area contributed by atoms with Gasteiger partial charge in [0, 0.05) is 25.2 Å². The number of nitrogens with one attached hydrogen (secondary N) is 1. The van der Waals surface area contributed by atoms with Crippen molar-refractivity contribution in [1.82, 2.24) is 10.2 Å².